The largest absolute Gasteiger partial charge is 0.483 e. The average Bonchev–Trinajstić information content (AvgIpc) is 3.25. The second-order valence-corrected chi connectivity index (χ2v) is 7.02. The Balaban J connectivity index is 1.47. The Bertz CT molecular complexity index is 1170. The number of benzene rings is 2. The first kappa shape index (κ1) is 19.8. The summed E-state index contributed by atoms with van der Waals surface area (Å²) in [6.45, 7) is 1.88. The molecule has 0 aliphatic carbocycles. The molecule has 0 bridgehead atoms. The maximum absolute atomic E-state index is 13.6. The van der Waals surface area contributed by atoms with Gasteiger partial charge in [-0.15, -0.1) is 0 Å². The van der Waals surface area contributed by atoms with Gasteiger partial charge < -0.3 is 14.5 Å². The molecule has 1 N–H and O–H groups in total. The summed E-state index contributed by atoms with van der Waals surface area (Å²) in [5.74, 6) is -1.05. The zero-order valence-electron chi connectivity index (χ0n) is 15.8. The number of furan rings is 1. The van der Waals surface area contributed by atoms with E-state index in [1.54, 1.807) is 18.2 Å². The highest BCUT2D eigenvalue weighted by Gasteiger charge is 2.32. The van der Waals surface area contributed by atoms with Crippen LogP contribution in [0.4, 0.5) is 14.5 Å². The first-order valence-corrected chi connectivity index (χ1v) is 9.42. The van der Waals surface area contributed by atoms with Crippen LogP contribution in [0.1, 0.15) is 17.1 Å². The molecular formula is C22H16F2N2O3S. The molecule has 8 heteroatoms. The van der Waals surface area contributed by atoms with Gasteiger partial charge in [0.1, 0.15) is 29.6 Å². The van der Waals surface area contributed by atoms with Gasteiger partial charge in [0.2, 0.25) is 0 Å². The predicted octanol–water partition coefficient (Wildman–Crippen LogP) is 4.71. The van der Waals surface area contributed by atoms with Gasteiger partial charge in [0, 0.05) is 12.1 Å². The van der Waals surface area contributed by atoms with Crippen LogP contribution in [0.5, 0.6) is 5.75 Å². The van der Waals surface area contributed by atoms with E-state index < -0.39 is 11.6 Å². The number of nitrogens with one attached hydrogen (secondary N) is 1. The molecule has 0 spiro atoms. The molecule has 1 amide bonds. The zero-order chi connectivity index (χ0) is 21.3. The average molecular weight is 426 g/mol. The Morgan fingerprint density at radius 1 is 1.17 bits per heavy atom. The normalized spacial score (nSPS) is 15.0. The van der Waals surface area contributed by atoms with Gasteiger partial charge in [-0.2, -0.15) is 0 Å². The van der Waals surface area contributed by atoms with E-state index in [0.29, 0.717) is 17.2 Å². The molecule has 0 atom stereocenters. The molecule has 0 radical (unpaired) electrons. The van der Waals surface area contributed by atoms with Gasteiger partial charge in [-0.25, -0.2) is 8.78 Å². The minimum atomic E-state index is -0.797. The van der Waals surface area contributed by atoms with Crippen LogP contribution in [0.2, 0.25) is 0 Å². The quantitative estimate of drug-likeness (QED) is 0.473. The van der Waals surface area contributed by atoms with Gasteiger partial charge in [0.25, 0.3) is 5.91 Å². The summed E-state index contributed by atoms with van der Waals surface area (Å²) in [4.78, 5) is 14.2. The van der Waals surface area contributed by atoms with Crippen molar-refractivity contribution in [2.24, 2.45) is 0 Å². The number of ether oxygens (including phenoxy) is 1. The number of nitrogens with zero attached hydrogens (tertiary/aromatic N) is 1. The molecule has 1 aliphatic heterocycles. The number of halogens is 2. The van der Waals surface area contributed by atoms with Crippen LogP contribution in [-0.2, 0) is 11.4 Å². The van der Waals surface area contributed by atoms with E-state index in [-0.39, 0.29) is 29.1 Å². The van der Waals surface area contributed by atoms with Crippen molar-refractivity contribution in [1.29, 1.82) is 0 Å². The molecule has 0 saturated carbocycles. The molecule has 2 aromatic carbocycles. The lowest BCUT2D eigenvalue weighted by molar-refractivity contribution is -0.113. The lowest BCUT2D eigenvalue weighted by atomic mass is 10.2. The lowest BCUT2D eigenvalue weighted by Gasteiger charge is -2.14. The summed E-state index contributed by atoms with van der Waals surface area (Å²) >= 11 is 5.30. The van der Waals surface area contributed by atoms with E-state index in [0.717, 1.165) is 17.7 Å². The smallest absolute Gasteiger partial charge is 0.281 e. The molecule has 5 nitrogen and oxygen atoms in total. The van der Waals surface area contributed by atoms with Crippen molar-refractivity contribution in [3.8, 4) is 5.75 Å². The predicted molar refractivity (Wildman–Crippen MR) is 112 cm³/mol. The highest BCUT2D eigenvalue weighted by molar-refractivity contribution is 7.80. The molecule has 1 saturated heterocycles. The topological polar surface area (TPSA) is 54.7 Å². The number of hydrogen-bond donors (Lipinski definition) is 1. The highest BCUT2D eigenvalue weighted by Crippen LogP contribution is 2.24. The van der Waals surface area contributed by atoms with E-state index in [1.807, 2.05) is 25.1 Å². The Morgan fingerprint density at radius 3 is 2.77 bits per heavy atom. The third kappa shape index (κ3) is 4.08. The number of rotatable bonds is 5. The number of amides is 1. The van der Waals surface area contributed by atoms with Crippen molar-refractivity contribution >= 4 is 35.0 Å². The van der Waals surface area contributed by atoms with Crippen molar-refractivity contribution in [3.63, 3.8) is 0 Å². The van der Waals surface area contributed by atoms with Crippen molar-refractivity contribution in [3.05, 3.63) is 89.0 Å². The third-order valence-corrected chi connectivity index (χ3v) is 4.66. The molecule has 152 valence electrons. The Labute approximate surface area is 176 Å². The van der Waals surface area contributed by atoms with E-state index in [9.17, 15) is 13.6 Å². The van der Waals surface area contributed by atoms with Crippen molar-refractivity contribution < 1.29 is 22.7 Å². The van der Waals surface area contributed by atoms with Crippen molar-refractivity contribution in [1.82, 2.24) is 5.32 Å². The molecular weight excluding hydrogens is 410 g/mol. The zero-order valence-corrected chi connectivity index (χ0v) is 16.6. The molecule has 3 aromatic rings. The molecule has 30 heavy (non-hydrogen) atoms. The van der Waals surface area contributed by atoms with Crippen LogP contribution < -0.4 is 15.0 Å². The van der Waals surface area contributed by atoms with Crippen LogP contribution in [0.15, 0.2) is 64.7 Å². The van der Waals surface area contributed by atoms with Crippen molar-refractivity contribution in [2.75, 3.05) is 4.90 Å². The van der Waals surface area contributed by atoms with Crippen LogP contribution in [-0.4, -0.2) is 11.0 Å². The van der Waals surface area contributed by atoms with Crippen molar-refractivity contribution in [2.45, 2.75) is 13.5 Å². The van der Waals surface area contributed by atoms with Gasteiger partial charge in [-0.1, -0.05) is 12.1 Å². The van der Waals surface area contributed by atoms with E-state index in [1.165, 1.54) is 17.0 Å². The van der Waals surface area contributed by atoms with Crippen LogP contribution in [0, 0.1) is 18.6 Å². The molecule has 2 heterocycles. The van der Waals surface area contributed by atoms with Gasteiger partial charge in [-0.3, -0.25) is 9.69 Å². The summed E-state index contributed by atoms with van der Waals surface area (Å²) in [5.41, 5.74) is 1.96. The number of hydrogen-bond acceptors (Lipinski definition) is 4. The molecule has 1 aromatic heterocycles. The van der Waals surface area contributed by atoms with E-state index in [4.69, 9.17) is 21.4 Å². The van der Waals surface area contributed by atoms with Gasteiger partial charge in [-0.05, 0) is 61.1 Å². The second-order valence-electron chi connectivity index (χ2n) is 6.64. The fourth-order valence-electron chi connectivity index (χ4n) is 2.97. The fourth-order valence-corrected chi connectivity index (χ4v) is 3.27. The Kier molecular flexibility index (Phi) is 5.33. The Hall–Kier alpha value is -3.52. The number of anilines is 1. The Morgan fingerprint density at radius 2 is 2.00 bits per heavy atom. The first-order chi connectivity index (χ1) is 14.4. The summed E-state index contributed by atoms with van der Waals surface area (Å²) in [6.07, 6.45) is 1.53. The fraction of sp³-hybridized carbons (Fsp3) is 0.0909. The minimum Gasteiger partial charge on any atom is -0.483 e. The van der Waals surface area contributed by atoms with Gasteiger partial charge >= 0.3 is 0 Å². The number of thiocarbonyl (C=S) groups is 1. The molecule has 1 fully saturated rings. The molecule has 1 aliphatic rings. The summed E-state index contributed by atoms with van der Waals surface area (Å²) in [5, 5.41) is 3.17. The SMILES string of the molecule is Cc1cccc(N2C(=O)/C(=C\c3ccc(COc4ccc(F)cc4F)o3)NC2=S)c1. The summed E-state index contributed by atoms with van der Waals surface area (Å²) in [6, 6.07) is 13.8. The summed E-state index contributed by atoms with van der Waals surface area (Å²) in [7, 11) is 0. The van der Waals surface area contributed by atoms with Crippen LogP contribution >= 0.6 is 12.2 Å². The molecule has 4 rings (SSSR count). The number of carbonyl (C=O) groups is 1. The maximum Gasteiger partial charge on any atom is 0.281 e. The van der Waals surface area contributed by atoms with Crippen LogP contribution in [0.3, 0.4) is 0 Å². The van der Waals surface area contributed by atoms with E-state index in [2.05, 4.69) is 5.32 Å². The van der Waals surface area contributed by atoms with Gasteiger partial charge in [0.05, 0.1) is 5.69 Å². The lowest BCUT2D eigenvalue weighted by Crippen LogP contribution is -2.30. The maximum atomic E-state index is 13.6. The minimum absolute atomic E-state index is 0.0546. The monoisotopic (exact) mass is 426 g/mol. The number of carbonyl (C=O) groups excluding carboxylic acids is 1. The summed E-state index contributed by atoms with van der Waals surface area (Å²) < 4.78 is 37.5. The highest BCUT2D eigenvalue weighted by atomic mass is 32.1. The third-order valence-electron chi connectivity index (χ3n) is 4.37. The molecule has 0 unspecified atom stereocenters. The second kappa shape index (κ2) is 8.08. The first-order valence-electron chi connectivity index (χ1n) is 9.01. The van der Waals surface area contributed by atoms with Gasteiger partial charge in [0.15, 0.2) is 16.7 Å². The van der Waals surface area contributed by atoms with E-state index >= 15 is 0 Å². The standard InChI is InChI=1S/C22H16F2N2O3S/c1-13-3-2-4-15(9-13)26-21(27)19(25-22(26)30)11-16-6-7-17(29-16)12-28-20-8-5-14(23)10-18(20)24/h2-11H,12H2,1H3,(H,25,30)/b19-11+. The number of aryl methyl sites for hydroxylation is 1. The van der Waals surface area contributed by atoms with Crippen LogP contribution in [0.25, 0.3) is 6.08 Å².